The zero-order valence-electron chi connectivity index (χ0n) is 18.6. The van der Waals surface area contributed by atoms with Gasteiger partial charge in [0, 0.05) is 25.9 Å². The summed E-state index contributed by atoms with van der Waals surface area (Å²) < 4.78 is 13.3. The minimum atomic E-state index is 0.132. The highest BCUT2D eigenvalue weighted by molar-refractivity contribution is 5.76. The van der Waals surface area contributed by atoms with Crippen LogP contribution in [0.3, 0.4) is 0 Å². The molecule has 1 amide bonds. The number of fused-ring (bicyclic) bond motifs is 1. The van der Waals surface area contributed by atoms with E-state index in [9.17, 15) is 4.79 Å². The van der Waals surface area contributed by atoms with Gasteiger partial charge in [-0.1, -0.05) is 19.1 Å². The number of para-hydroxylation sites is 2. The number of ether oxygens (including phenoxy) is 2. The van der Waals surface area contributed by atoms with Crippen LogP contribution < -0.4 is 14.8 Å². The van der Waals surface area contributed by atoms with Crippen molar-refractivity contribution in [3.05, 3.63) is 54.4 Å². The van der Waals surface area contributed by atoms with Crippen LogP contribution in [-0.4, -0.2) is 35.7 Å². The van der Waals surface area contributed by atoms with Crippen molar-refractivity contribution >= 4 is 16.9 Å². The number of unbranched alkanes of at least 4 members (excludes halogenated alkanes) is 1. The van der Waals surface area contributed by atoms with Crippen LogP contribution >= 0.6 is 0 Å². The van der Waals surface area contributed by atoms with Crippen LogP contribution in [0, 0.1) is 0 Å². The van der Waals surface area contributed by atoms with Crippen molar-refractivity contribution < 1.29 is 14.3 Å². The molecule has 3 rings (SSSR count). The highest BCUT2D eigenvalue weighted by Gasteiger charge is 2.10. The number of nitrogens with one attached hydrogen (secondary N) is 1. The van der Waals surface area contributed by atoms with E-state index in [0.29, 0.717) is 19.6 Å². The highest BCUT2D eigenvalue weighted by Crippen LogP contribution is 2.19. The van der Waals surface area contributed by atoms with Gasteiger partial charge in [0.05, 0.1) is 24.8 Å². The van der Waals surface area contributed by atoms with Crippen LogP contribution in [0.15, 0.2) is 48.5 Å². The molecule has 0 spiro atoms. The number of amides is 1. The number of aromatic nitrogens is 2. The summed E-state index contributed by atoms with van der Waals surface area (Å²) >= 11 is 0. The smallest absolute Gasteiger partial charge is 0.219 e. The summed E-state index contributed by atoms with van der Waals surface area (Å²) in [5.74, 6) is 2.91. The molecule has 3 aromatic rings. The van der Waals surface area contributed by atoms with Gasteiger partial charge in [-0.2, -0.15) is 0 Å². The summed E-state index contributed by atoms with van der Waals surface area (Å²) in [6.07, 6.45) is 5.19. The molecule has 0 aliphatic rings. The quantitative estimate of drug-likeness (QED) is 0.403. The fourth-order valence-electron chi connectivity index (χ4n) is 3.59. The van der Waals surface area contributed by atoms with Gasteiger partial charge in [-0.05, 0) is 62.1 Å². The maximum Gasteiger partial charge on any atom is 0.219 e. The molecule has 0 aliphatic heterocycles. The first-order chi connectivity index (χ1) is 15.2. The van der Waals surface area contributed by atoms with Crippen molar-refractivity contribution in [2.75, 3.05) is 20.3 Å². The van der Waals surface area contributed by atoms with E-state index in [2.05, 4.69) is 28.1 Å². The summed E-state index contributed by atoms with van der Waals surface area (Å²) in [5, 5.41) is 2.99. The molecule has 0 aliphatic carbocycles. The van der Waals surface area contributed by atoms with Gasteiger partial charge in [0.15, 0.2) is 0 Å². The van der Waals surface area contributed by atoms with Crippen molar-refractivity contribution in [3.8, 4) is 11.5 Å². The van der Waals surface area contributed by atoms with E-state index >= 15 is 0 Å². The number of hydrogen-bond donors (Lipinski definition) is 1. The molecule has 0 fully saturated rings. The van der Waals surface area contributed by atoms with Gasteiger partial charge in [0.2, 0.25) is 5.91 Å². The summed E-state index contributed by atoms with van der Waals surface area (Å²) in [6, 6.07) is 15.9. The van der Waals surface area contributed by atoms with Gasteiger partial charge in [0.1, 0.15) is 17.3 Å². The molecular weight excluding hydrogens is 390 g/mol. The van der Waals surface area contributed by atoms with Crippen molar-refractivity contribution in [3.63, 3.8) is 0 Å². The van der Waals surface area contributed by atoms with Crippen LogP contribution in [0.25, 0.3) is 11.0 Å². The Morgan fingerprint density at radius 1 is 1.03 bits per heavy atom. The van der Waals surface area contributed by atoms with Gasteiger partial charge >= 0.3 is 0 Å². The van der Waals surface area contributed by atoms with E-state index in [1.165, 1.54) is 5.52 Å². The van der Waals surface area contributed by atoms with E-state index in [1.807, 2.05) is 37.3 Å². The van der Waals surface area contributed by atoms with Gasteiger partial charge in [-0.25, -0.2) is 4.98 Å². The third kappa shape index (κ3) is 6.74. The Morgan fingerprint density at radius 3 is 2.58 bits per heavy atom. The average Bonchev–Trinajstić information content (AvgIpc) is 3.14. The zero-order chi connectivity index (χ0) is 21.9. The molecule has 0 saturated carbocycles. The second-order valence-corrected chi connectivity index (χ2v) is 7.60. The maximum absolute atomic E-state index is 11.6. The Labute approximate surface area is 184 Å². The standard InChI is InChI=1S/C25H33N3O3/c1-3-9-25(29)26-17-8-12-24-27-22-10-4-5-11-23(22)28(24)18-6-7-19-31-21-15-13-20(30-2)14-16-21/h4-5,10-11,13-16H,3,6-9,12,17-19H2,1-2H3,(H,26,29). The fourth-order valence-corrected chi connectivity index (χ4v) is 3.59. The Hall–Kier alpha value is -3.02. The lowest BCUT2D eigenvalue weighted by Gasteiger charge is -2.11. The van der Waals surface area contributed by atoms with Crippen LogP contribution in [0.5, 0.6) is 11.5 Å². The average molecular weight is 424 g/mol. The molecule has 0 unspecified atom stereocenters. The third-order valence-corrected chi connectivity index (χ3v) is 5.21. The molecule has 2 aromatic carbocycles. The minimum Gasteiger partial charge on any atom is -0.497 e. The van der Waals surface area contributed by atoms with E-state index in [4.69, 9.17) is 14.5 Å². The molecule has 1 heterocycles. The van der Waals surface area contributed by atoms with Gasteiger partial charge in [-0.15, -0.1) is 0 Å². The number of methoxy groups -OCH3 is 1. The molecule has 6 nitrogen and oxygen atoms in total. The van der Waals surface area contributed by atoms with Gasteiger partial charge in [-0.3, -0.25) is 4.79 Å². The second kappa shape index (κ2) is 12.0. The minimum absolute atomic E-state index is 0.132. The summed E-state index contributed by atoms with van der Waals surface area (Å²) in [4.78, 5) is 16.5. The van der Waals surface area contributed by atoms with Crippen LogP contribution in [-0.2, 0) is 17.8 Å². The van der Waals surface area contributed by atoms with Crippen molar-refractivity contribution in [2.24, 2.45) is 0 Å². The number of carbonyl (C=O) groups is 1. The van der Waals surface area contributed by atoms with Crippen molar-refractivity contribution in [1.82, 2.24) is 14.9 Å². The summed E-state index contributed by atoms with van der Waals surface area (Å²) in [6.45, 7) is 4.30. The van der Waals surface area contributed by atoms with Crippen LogP contribution in [0.4, 0.5) is 0 Å². The number of benzene rings is 2. The van der Waals surface area contributed by atoms with Gasteiger partial charge in [0.25, 0.3) is 0 Å². The number of aryl methyl sites for hydroxylation is 2. The molecule has 1 N–H and O–H groups in total. The SMILES string of the molecule is CCCC(=O)NCCCc1nc2ccccc2n1CCCCOc1ccc(OC)cc1. The topological polar surface area (TPSA) is 65.4 Å². The second-order valence-electron chi connectivity index (χ2n) is 7.60. The zero-order valence-corrected chi connectivity index (χ0v) is 18.6. The monoisotopic (exact) mass is 423 g/mol. The van der Waals surface area contributed by atoms with Crippen LogP contribution in [0.2, 0.25) is 0 Å². The number of hydrogen-bond acceptors (Lipinski definition) is 4. The Morgan fingerprint density at radius 2 is 1.81 bits per heavy atom. The molecule has 0 saturated heterocycles. The molecular formula is C25H33N3O3. The number of carbonyl (C=O) groups excluding carboxylic acids is 1. The first-order valence-electron chi connectivity index (χ1n) is 11.2. The molecule has 166 valence electrons. The number of rotatable bonds is 13. The molecule has 6 heteroatoms. The van der Waals surface area contributed by atoms with Crippen LogP contribution in [0.1, 0.15) is 44.9 Å². The molecule has 31 heavy (non-hydrogen) atoms. The Balaban J connectivity index is 1.50. The lowest BCUT2D eigenvalue weighted by Crippen LogP contribution is -2.24. The molecule has 0 radical (unpaired) electrons. The molecule has 0 bridgehead atoms. The van der Waals surface area contributed by atoms with Crippen molar-refractivity contribution in [2.45, 2.75) is 52.0 Å². The predicted octanol–water partition coefficient (Wildman–Crippen LogP) is 4.75. The normalized spacial score (nSPS) is 10.9. The Kier molecular flexibility index (Phi) is 8.76. The third-order valence-electron chi connectivity index (χ3n) is 5.21. The Bertz CT molecular complexity index is 950. The van der Waals surface area contributed by atoms with E-state index in [-0.39, 0.29) is 5.91 Å². The summed E-state index contributed by atoms with van der Waals surface area (Å²) in [7, 11) is 1.66. The highest BCUT2D eigenvalue weighted by atomic mass is 16.5. The molecule has 0 atom stereocenters. The number of imidazole rings is 1. The van der Waals surface area contributed by atoms with E-state index in [0.717, 1.165) is 61.5 Å². The summed E-state index contributed by atoms with van der Waals surface area (Å²) in [5.41, 5.74) is 2.20. The number of nitrogens with zero attached hydrogens (tertiary/aromatic N) is 2. The fraction of sp³-hybridized carbons (Fsp3) is 0.440. The predicted molar refractivity (Wildman–Crippen MR) is 124 cm³/mol. The molecule has 1 aromatic heterocycles. The lowest BCUT2D eigenvalue weighted by molar-refractivity contribution is -0.121. The first kappa shape index (κ1) is 22.7. The van der Waals surface area contributed by atoms with E-state index in [1.54, 1.807) is 7.11 Å². The van der Waals surface area contributed by atoms with E-state index < -0.39 is 0 Å². The van der Waals surface area contributed by atoms with Crippen molar-refractivity contribution in [1.29, 1.82) is 0 Å². The van der Waals surface area contributed by atoms with Gasteiger partial charge < -0.3 is 19.4 Å². The largest absolute Gasteiger partial charge is 0.497 e. The lowest BCUT2D eigenvalue weighted by atomic mass is 10.2. The first-order valence-corrected chi connectivity index (χ1v) is 11.2. The maximum atomic E-state index is 11.6.